The second kappa shape index (κ2) is 17.9. The Morgan fingerprint density at radius 2 is 1.07 bits per heavy atom. The lowest BCUT2D eigenvalue weighted by Gasteiger charge is -2.03. The van der Waals surface area contributed by atoms with E-state index in [1.807, 2.05) is 0 Å². The first-order valence-electron chi connectivity index (χ1n) is 12.0. The average Bonchev–Trinajstić information content (AvgIpc) is 3.43. The van der Waals surface area contributed by atoms with Crippen molar-refractivity contribution in [2.45, 2.75) is 139 Å². The van der Waals surface area contributed by atoms with E-state index in [-0.39, 0.29) is 5.97 Å². The maximum atomic E-state index is 11.0. The van der Waals surface area contributed by atoms with Crippen molar-refractivity contribution in [3.63, 3.8) is 0 Å². The van der Waals surface area contributed by atoms with Gasteiger partial charge in [0.25, 0.3) is 0 Å². The predicted molar refractivity (Wildman–Crippen MR) is 121 cm³/mol. The maximum Gasteiger partial charge on any atom is 0.305 e. The van der Waals surface area contributed by atoms with Crippen molar-refractivity contribution >= 4 is 17.7 Å². The van der Waals surface area contributed by atoms with E-state index >= 15 is 0 Å². The van der Waals surface area contributed by atoms with Gasteiger partial charge in [0, 0.05) is 16.9 Å². The molecular weight excluding hydrogens is 352 g/mol. The lowest BCUT2D eigenvalue weighted by Crippen LogP contribution is -1.99. The first-order chi connectivity index (χ1) is 13.3. The molecule has 0 N–H and O–H groups in total. The summed E-state index contributed by atoms with van der Waals surface area (Å²) >= 11 is 2.23. The van der Waals surface area contributed by atoms with Crippen molar-refractivity contribution in [3.8, 4) is 0 Å². The van der Waals surface area contributed by atoms with Gasteiger partial charge in [-0.05, 0) is 19.3 Å². The van der Waals surface area contributed by atoms with Crippen LogP contribution in [0.15, 0.2) is 0 Å². The molecule has 1 heterocycles. The monoisotopic (exact) mass is 398 g/mol. The normalized spacial score (nSPS) is 18.6. The second-order valence-corrected chi connectivity index (χ2v) is 9.90. The van der Waals surface area contributed by atoms with Crippen LogP contribution in [0.2, 0.25) is 0 Å². The van der Waals surface area contributed by atoms with Gasteiger partial charge in [-0.15, -0.1) is 0 Å². The number of rotatable bonds is 20. The number of thioether (sulfide) groups is 1. The summed E-state index contributed by atoms with van der Waals surface area (Å²) in [5.74, 6) is -0.0605. The summed E-state index contributed by atoms with van der Waals surface area (Å²) in [6, 6.07) is 0. The van der Waals surface area contributed by atoms with E-state index in [9.17, 15) is 4.79 Å². The molecule has 160 valence electrons. The van der Waals surface area contributed by atoms with Gasteiger partial charge in [-0.1, -0.05) is 103 Å². The van der Waals surface area contributed by atoms with Crippen molar-refractivity contribution in [2.75, 3.05) is 7.11 Å². The highest BCUT2D eigenvalue weighted by molar-refractivity contribution is 8.07. The van der Waals surface area contributed by atoms with Crippen LogP contribution in [0.3, 0.4) is 0 Å². The zero-order valence-corrected chi connectivity index (χ0v) is 19.1. The SMILES string of the molecule is CCCCCCCCCCCCCC1SC1CCCCCCCC(=O)OC. The average molecular weight is 399 g/mol. The third-order valence-corrected chi connectivity index (χ3v) is 7.39. The Bertz CT molecular complexity index is 345. The minimum absolute atomic E-state index is 0.0605. The molecule has 27 heavy (non-hydrogen) atoms. The molecule has 0 spiro atoms. The molecular formula is C24H46O2S. The van der Waals surface area contributed by atoms with Crippen LogP contribution in [0, 0.1) is 0 Å². The summed E-state index contributed by atoms with van der Waals surface area (Å²) < 4.78 is 4.67. The number of carbonyl (C=O) groups excluding carboxylic acids is 1. The Balaban J connectivity index is 1.73. The number of methoxy groups -OCH3 is 1. The second-order valence-electron chi connectivity index (χ2n) is 8.42. The molecule has 0 bridgehead atoms. The largest absolute Gasteiger partial charge is 0.469 e. The third kappa shape index (κ3) is 15.4. The molecule has 1 fully saturated rings. The van der Waals surface area contributed by atoms with Crippen LogP contribution in [0.5, 0.6) is 0 Å². The van der Waals surface area contributed by atoms with E-state index in [0.717, 1.165) is 16.9 Å². The van der Waals surface area contributed by atoms with Gasteiger partial charge in [0.05, 0.1) is 7.11 Å². The standard InChI is InChI=1S/C24H46O2S/c1-3-4-5-6-7-8-9-10-11-13-16-19-22-23(27-22)20-17-14-12-15-18-21-24(25)26-2/h22-23H,3-21H2,1-2H3. The summed E-state index contributed by atoms with van der Waals surface area (Å²) in [6.07, 6.45) is 25.6. The predicted octanol–water partition coefficient (Wildman–Crippen LogP) is 8.08. The molecule has 2 unspecified atom stereocenters. The van der Waals surface area contributed by atoms with Gasteiger partial charge in [0.2, 0.25) is 0 Å². The molecule has 0 radical (unpaired) electrons. The fraction of sp³-hybridized carbons (Fsp3) is 0.958. The van der Waals surface area contributed by atoms with Crippen molar-refractivity contribution in [3.05, 3.63) is 0 Å². The molecule has 0 aromatic rings. The first kappa shape index (κ1) is 24.9. The van der Waals surface area contributed by atoms with Crippen molar-refractivity contribution < 1.29 is 9.53 Å². The molecule has 3 heteroatoms. The van der Waals surface area contributed by atoms with Gasteiger partial charge in [0.1, 0.15) is 0 Å². The van der Waals surface area contributed by atoms with Gasteiger partial charge < -0.3 is 4.74 Å². The van der Waals surface area contributed by atoms with Gasteiger partial charge in [-0.3, -0.25) is 4.79 Å². The van der Waals surface area contributed by atoms with Gasteiger partial charge in [-0.2, -0.15) is 11.8 Å². The van der Waals surface area contributed by atoms with Gasteiger partial charge >= 0.3 is 5.97 Å². The van der Waals surface area contributed by atoms with Crippen molar-refractivity contribution in [2.24, 2.45) is 0 Å². The molecule has 1 aliphatic rings. The highest BCUT2D eigenvalue weighted by atomic mass is 32.2. The van der Waals surface area contributed by atoms with E-state index < -0.39 is 0 Å². The molecule has 1 rings (SSSR count). The number of unbranched alkanes of at least 4 members (excludes halogenated alkanes) is 14. The summed E-state index contributed by atoms with van der Waals surface area (Å²) in [4.78, 5) is 11.0. The smallest absolute Gasteiger partial charge is 0.305 e. The lowest BCUT2D eigenvalue weighted by molar-refractivity contribution is -0.140. The third-order valence-electron chi connectivity index (χ3n) is 5.88. The zero-order chi connectivity index (χ0) is 19.6. The molecule has 1 saturated heterocycles. The Morgan fingerprint density at radius 1 is 0.667 bits per heavy atom. The Hall–Kier alpha value is -0.180. The van der Waals surface area contributed by atoms with Crippen LogP contribution in [-0.2, 0) is 9.53 Å². The number of carbonyl (C=O) groups is 1. The Labute approximate surface area is 174 Å². The van der Waals surface area contributed by atoms with E-state index in [0.29, 0.717) is 6.42 Å². The van der Waals surface area contributed by atoms with E-state index in [1.54, 1.807) is 0 Å². The Kier molecular flexibility index (Phi) is 16.5. The van der Waals surface area contributed by atoms with E-state index in [4.69, 9.17) is 0 Å². The van der Waals surface area contributed by atoms with Crippen molar-refractivity contribution in [1.82, 2.24) is 0 Å². The van der Waals surface area contributed by atoms with Gasteiger partial charge in [0.15, 0.2) is 0 Å². The van der Waals surface area contributed by atoms with Gasteiger partial charge in [-0.25, -0.2) is 0 Å². The molecule has 0 aliphatic carbocycles. The fourth-order valence-corrected chi connectivity index (χ4v) is 5.18. The lowest BCUT2D eigenvalue weighted by atomic mass is 10.0. The number of hydrogen-bond donors (Lipinski definition) is 0. The zero-order valence-electron chi connectivity index (χ0n) is 18.3. The molecule has 2 nitrogen and oxygen atoms in total. The maximum absolute atomic E-state index is 11.0. The summed E-state index contributed by atoms with van der Waals surface area (Å²) in [7, 11) is 1.47. The van der Waals surface area contributed by atoms with Crippen LogP contribution in [0.4, 0.5) is 0 Å². The highest BCUT2D eigenvalue weighted by Gasteiger charge is 2.36. The number of esters is 1. The molecule has 2 atom stereocenters. The van der Waals surface area contributed by atoms with Crippen molar-refractivity contribution in [1.29, 1.82) is 0 Å². The first-order valence-corrected chi connectivity index (χ1v) is 12.9. The Morgan fingerprint density at radius 3 is 1.52 bits per heavy atom. The van der Waals surface area contributed by atoms with Crippen LogP contribution in [-0.4, -0.2) is 23.6 Å². The van der Waals surface area contributed by atoms with E-state index in [1.165, 1.54) is 116 Å². The fourth-order valence-electron chi connectivity index (χ4n) is 3.94. The summed E-state index contributed by atoms with van der Waals surface area (Å²) in [5.41, 5.74) is 0. The topological polar surface area (TPSA) is 26.3 Å². The minimum atomic E-state index is -0.0605. The van der Waals surface area contributed by atoms with Crippen LogP contribution >= 0.6 is 11.8 Å². The molecule has 0 amide bonds. The number of ether oxygens (including phenoxy) is 1. The summed E-state index contributed by atoms with van der Waals surface area (Å²) in [6.45, 7) is 2.29. The molecule has 0 saturated carbocycles. The number of hydrogen-bond acceptors (Lipinski definition) is 3. The van der Waals surface area contributed by atoms with Crippen LogP contribution in [0.1, 0.15) is 129 Å². The highest BCUT2D eigenvalue weighted by Crippen LogP contribution is 2.47. The molecule has 1 aliphatic heterocycles. The summed E-state index contributed by atoms with van der Waals surface area (Å²) in [5, 5.41) is 1.96. The van der Waals surface area contributed by atoms with Crippen LogP contribution in [0.25, 0.3) is 0 Å². The molecule has 0 aromatic carbocycles. The van der Waals surface area contributed by atoms with Crippen LogP contribution < -0.4 is 0 Å². The quantitative estimate of drug-likeness (QED) is 0.118. The minimum Gasteiger partial charge on any atom is -0.469 e. The molecule has 0 aromatic heterocycles. The van der Waals surface area contributed by atoms with E-state index in [2.05, 4.69) is 23.4 Å².